The summed E-state index contributed by atoms with van der Waals surface area (Å²) in [4.78, 5) is 13.0. The summed E-state index contributed by atoms with van der Waals surface area (Å²) in [6.45, 7) is 0.459. The molecule has 1 rings (SSSR count). The molecule has 0 unspecified atom stereocenters. The van der Waals surface area contributed by atoms with E-state index >= 15 is 0 Å². The minimum Gasteiger partial charge on any atom is -0.480 e. The summed E-state index contributed by atoms with van der Waals surface area (Å²) in [5.74, 6) is -0.888. The average molecular weight is 193 g/mol. The summed E-state index contributed by atoms with van der Waals surface area (Å²) in [7, 11) is 0. The summed E-state index contributed by atoms with van der Waals surface area (Å²) < 4.78 is 0. The van der Waals surface area contributed by atoms with E-state index in [-0.39, 0.29) is 18.4 Å². The monoisotopic (exact) mass is 192 g/mol. The largest absolute Gasteiger partial charge is 0.480 e. The fourth-order valence-corrected chi connectivity index (χ4v) is 1.07. The lowest BCUT2D eigenvalue weighted by Gasteiger charge is -2.00. The van der Waals surface area contributed by atoms with Crippen LogP contribution in [0.25, 0.3) is 10.4 Å². The Kier molecular flexibility index (Phi) is 4.43. The third kappa shape index (κ3) is 2.58. The van der Waals surface area contributed by atoms with E-state index in [1.54, 1.807) is 0 Å². The second-order valence-corrected chi connectivity index (χ2v) is 2.39. The molecule has 1 aliphatic heterocycles. The van der Waals surface area contributed by atoms with Crippen molar-refractivity contribution in [2.75, 3.05) is 6.54 Å². The number of hydrogen-bond donors (Lipinski definition) is 2. The Morgan fingerprint density at radius 3 is 2.83 bits per heavy atom. The summed E-state index contributed by atoms with van der Waals surface area (Å²) in [5.41, 5.74) is 8.03. The first-order valence-corrected chi connectivity index (χ1v) is 3.24. The van der Waals surface area contributed by atoms with Crippen molar-refractivity contribution in [3.8, 4) is 0 Å². The van der Waals surface area contributed by atoms with Crippen molar-refractivity contribution in [3.63, 3.8) is 0 Å². The molecule has 1 heterocycles. The predicted molar refractivity (Wildman–Crippen MR) is 44.2 cm³/mol. The van der Waals surface area contributed by atoms with Gasteiger partial charge in [-0.2, -0.15) is 0 Å². The van der Waals surface area contributed by atoms with Crippen LogP contribution in [0, 0.1) is 0 Å². The number of nitrogens with one attached hydrogen (secondary N) is 1. The van der Waals surface area contributed by atoms with E-state index in [2.05, 4.69) is 15.3 Å². The van der Waals surface area contributed by atoms with Gasteiger partial charge in [0.2, 0.25) is 0 Å². The quantitative estimate of drug-likeness (QED) is 0.379. The van der Waals surface area contributed by atoms with Gasteiger partial charge in [0.25, 0.3) is 0 Å². The topological polar surface area (TPSA) is 98.1 Å². The van der Waals surface area contributed by atoms with Crippen LogP contribution in [-0.4, -0.2) is 29.7 Å². The Hall–Kier alpha value is -0.970. The molecule has 1 fully saturated rings. The van der Waals surface area contributed by atoms with Crippen molar-refractivity contribution >= 4 is 18.4 Å². The smallest absolute Gasteiger partial charge is 0.320 e. The van der Waals surface area contributed by atoms with Gasteiger partial charge >= 0.3 is 5.97 Å². The van der Waals surface area contributed by atoms with Crippen molar-refractivity contribution in [2.45, 2.75) is 18.5 Å². The van der Waals surface area contributed by atoms with Gasteiger partial charge < -0.3 is 10.4 Å². The van der Waals surface area contributed by atoms with Crippen molar-refractivity contribution in [2.24, 2.45) is 5.11 Å². The van der Waals surface area contributed by atoms with Crippen molar-refractivity contribution in [3.05, 3.63) is 10.4 Å². The molecule has 0 bridgehead atoms. The lowest BCUT2D eigenvalue weighted by molar-refractivity contribution is -0.139. The lowest BCUT2D eigenvalue weighted by Crippen LogP contribution is -2.29. The first-order valence-electron chi connectivity index (χ1n) is 3.24. The summed E-state index contributed by atoms with van der Waals surface area (Å²) >= 11 is 0. The molecule has 68 valence electrons. The lowest BCUT2D eigenvalue weighted by atomic mass is 10.2. The van der Waals surface area contributed by atoms with Crippen LogP contribution in [0.3, 0.4) is 0 Å². The van der Waals surface area contributed by atoms with Gasteiger partial charge in [-0.1, -0.05) is 5.11 Å². The van der Waals surface area contributed by atoms with Crippen molar-refractivity contribution < 1.29 is 9.90 Å². The van der Waals surface area contributed by atoms with Gasteiger partial charge in [0.05, 0.1) is 6.04 Å². The summed E-state index contributed by atoms with van der Waals surface area (Å²) in [6, 6.07) is -0.758. The highest BCUT2D eigenvalue weighted by atomic mass is 35.5. The van der Waals surface area contributed by atoms with E-state index in [4.69, 9.17) is 10.6 Å². The Morgan fingerprint density at radius 1 is 1.75 bits per heavy atom. The molecule has 0 spiro atoms. The first-order chi connectivity index (χ1) is 5.24. The van der Waals surface area contributed by atoms with Crippen molar-refractivity contribution in [1.29, 1.82) is 0 Å². The average Bonchev–Trinajstić information content (AvgIpc) is 2.37. The molecule has 0 radical (unpaired) electrons. The number of carbonyl (C=O) groups is 1. The van der Waals surface area contributed by atoms with Crippen LogP contribution in [0.4, 0.5) is 0 Å². The van der Waals surface area contributed by atoms with Crippen LogP contribution >= 0.6 is 12.4 Å². The molecule has 6 nitrogen and oxygen atoms in total. The molecule has 0 aromatic rings. The first kappa shape index (κ1) is 11.0. The fraction of sp³-hybridized carbons (Fsp3) is 0.800. The molecule has 1 aliphatic rings. The molecule has 0 aliphatic carbocycles. The molecule has 1 saturated heterocycles. The highest BCUT2D eigenvalue weighted by Gasteiger charge is 2.27. The second-order valence-electron chi connectivity index (χ2n) is 2.39. The molecular weight excluding hydrogens is 184 g/mol. The molecule has 0 saturated carbocycles. The molecule has 12 heavy (non-hydrogen) atoms. The SMILES string of the molecule is Cl.[N-]=[N+]=N[C@H]1CN[C@H](C(=O)O)C1. The number of hydrogen-bond acceptors (Lipinski definition) is 3. The minimum atomic E-state index is -0.888. The van der Waals surface area contributed by atoms with E-state index in [9.17, 15) is 4.79 Å². The standard InChI is InChI=1S/C5H8N4O2.ClH/c6-9-8-3-1-4(5(10)11)7-2-3;/h3-4,7H,1-2H2,(H,10,11);1H/t3-,4+;/m1./s1. The number of rotatable bonds is 2. The number of carboxylic acid groups (broad SMARTS) is 1. The highest BCUT2D eigenvalue weighted by molar-refractivity contribution is 5.85. The third-order valence-electron chi connectivity index (χ3n) is 1.62. The molecule has 2 N–H and O–H groups in total. The number of nitrogens with zero attached hydrogens (tertiary/aromatic N) is 3. The van der Waals surface area contributed by atoms with E-state index in [1.165, 1.54) is 0 Å². The number of carboxylic acids is 1. The van der Waals surface area contributed by atoms with Gasteiger partial charge in [0.1, 0.15) is 6.04 Å². The van der Waals surface area contributed by atoms with Gasteiger partial charge in [0, 0.05) is 11.5 Å². The highest BCUT2D eigenvalue weighted by Crippen LogP contribution is 2.09. The Labute approximate surface area is 75.0 Å². The molecular formula is C5H9ClN4O2. The number of aliphatic carboxylic acids is 1. The Bertz CT molecular complexity index is 207. The third-order valence-corrected chi connectivity index (χ3v) is 1.62. The Balaban J connectivity index is 0.00000121. The maximum atomic E-state index is 10.4. The van der Waals surface area contributed by atoms with Crippen molar-refractivity contribution in [1.82, 2.24) is 5.32 Å². The van der Waals surface area contributed by atoms with Crippen LogP contribution in [-0.2, 0) is 4.79 Å². The van der Waals surface area contributed by atoms with E-state index in [0.717, 1.165) is 0 Å². The number of halogens is 1. The molecule has 0 aromatic heterocycles. The minimum absolute atomic E-state index is 0. The molecule has 0 aromatic carbocycles. The summed E-state index contributed by atoms with van der Waals surface area (Å²) in [6.07, 6.45) is 0.388. The Morgan fingerprint density at radius 2 is 2.42 bits per heavy atom. The van der Waals surface area contributed by atoms with Crippen LogP contribution in [0.1, 0.15) is 6.42 Å². The zero-order chi connectivity index (χ0) is 8.27. The van der Waals surface area contributed by atoms with Gasteiger partial charge in [-0.15, -0.1) is 12.4 Å². The maximum absolute atomic E-state index is 10.4. The maximum Gasteiger partial charge on any atom is 0.320 e. The predicted octanol–water partition coefficient (Wildman–Crippen LogP) is 0.534. The van der Waals surface area contributed by atoms with Crippen LogP contribution in [0.5, 0.6) is 0 Å². The van der Waals surface area contributed by atoms with E-state index in [0.29, 0.717) is 13.0 Å². The summed E-state index contributed by atoms with van der Waals surface area (Å²) in [5, 5.41) is 14.6. The van der Waals surface area contributed by atoms with Crippen LogP contribution in [0.15, 0.2) is 5.11 Å². The van der Waals surface area contributed by atoms with E-state index < -0.39 is 12.0 Å². The second kappa shape index (κ2) is 4.82. The van der Waals surface area contributed by atoms with Gasteiger partial charge in [-0.05, 0) is 12.0 Å². The normalized spacial score (nSPS) is 27.0. The number of azide groups is 1. The fourth-order valence-electron chi connectivity index (χ4n) is 1.07. The molecule has 7 heteroatoms. The molecule has 2 atom stereocenters. The van der Waals surface area contributed by atoms with Gasteiger partial charge in [-0.3, -0.25) is 4.79 Å². The zero-order valence-electron chi connectivity index (χ0n) is 6.17. The van der Waals surface area contributed by atoms with Crippen LogP contribution in [0.2, 0.25) is 0 Å². The molecule has 0 amide bonds. The van der Waals surface area contributed by atoms with Crippen LogP contribution < -0.4 is 5.32 Å². The van der Waals surface area contributed by atoms with Gasteiger partial charge in [0.15, 0.2) is 0 Å². The van der Waals surface area contributed by atoms with Gasteiger partial charge in [-0.25, -0.2) is 0 Å². The van der Waals surface area contributed by atoms with E-state index in [1.807, 2.05) is 0 Å². The zero-order valence-corrected chi connectivity index (χ0v) is 6.99.